The van der Waals surface area contributed by atoms with E-state index in [-0.39, 0.29) is 12.5 Å². The predicted molar refractivity (Wildman–Crippen MR) is 141 cm³/mol. The molecule has 188 valence electrons. The van der Waals surface area contributed by atoms with Gasteiger partial charge in [0.25, 0.3) is 5.91 Å². The number of hydrogen-bond acceptors (Lipinski definition) is 7. The van der Waals surface area contributed by atoms with E-state index in [9.17, 15) is 4.79 Å². The maximum Gasteiger partial charge on any atom is 0.260 e. The normalized spacial score (nSPS) is 13.2. The number of para-hydroxylation sites is 2. The summed E-state index contributed by atoms with van der Waals surface area (Å²) in [5.41, 5.74) is 1.66. The highest BCUT2D eigenvalue weighted by molar-refractivity contribution is 5.78. The van der Waals surface area contributed by atoms with E-state index in [0.717, 1.165) is 28.6 Å². The molecule has 4 aromatic rings. The van der Waals surface area contributed by atoms with Crippen LogP contribution in [0.2, 0.25) is 0 Å². The van der Waals surface area contributed by atoms with Crippen LogP contribution in [0, 0.1) is 0 Å². The van der Waals surface area contributed by atoms with Crippen LogP contribution in [0.4, 0.5) is 5.82 Å². The molecule has 0 bridgehead atoms. The molecule has 37 heavy (non-hydrogen) atoms. The highest BCUT2D eigenvalue weighted by Gasteiger charge is 2.22. The van der Waals surface area contributed by atoms with Gasteiger partial charge in [0.05, 0.1) is 12.8 Å². The number of benzene rings is 3. The number of piperazine rings is 1. The SMILES string of the molecule is COc1ccccc1-c1ccc(N2CCN(C(=O)COc3ccc(Oc4ccccc4)cc3)CC2)nn1. The Labute approximate surface area is 216 Å². The Morgan fingerprint density at radius 3 is 2.14 bits per heavy atom. The van der Waals surface area contributed by atoms with Crippen molar-refractivity contribution in [3.05, 3.63) is 91.0 Å². The second kappa shape index (κ2) is 11.4. The number of nitrogens with zero attached hydrogens (tertiary/aromatic N) is 4. The maximum atomic E-state index is 12.7. The van der Waals surface area contributed by atoms with Crippen LogP contribution in [0.1, 0.15) is 0 Å². The fourth-order valence-corrected chi connectivity index (χ4v) is 4.14. The molecule has 3 aromatic carbocycles. The summed E-state index contributed by atoms with van der Waals surface area (Å²) in [7, 11) is 1.64. The first-order valence-electron chi connectivity index (χ1n) is 12.2. The molecule has 5 rings (SSSR count). The van der Waals surface area contributed by atoms with Gasteiger partial charge in [0.2, 0.25) is 0 Å². The van der Waals surface area contributed by atoms with E-state index in [4.69, 9.17) is 14.2 Å². The summed E-state index contributed by atoms with van der Waals surface area (Å²) in [6, 6.07) is 28.5. The third-order valence-electron chi connectivity index (χ3n) is 6.15. The van der Waals surface area contributed by atoms with Crippen molar-refractivity contribution >= 4 is 11.7 Å². The topological polar surface area (TPSA) is 77.0 Å². The molecule has 0 atom stereocenters. The Morgan fingerprint density at radius 2 is 1.43 bits per heavy atom. The van der Waals surface area contributed by atoms with Crippen LogP contribution in [0.25, 0.3) is 11.3 Å². The third-order valence-corrected chi connectivity index (χ3v) is 6.15. The van der Waals surface area contributed by atoms with E-state index in [2.05, 4.69) is 15.1 Å². The monoisotopic (exact) mass is 496 g/mol. The fraction of sp³-hybridized carbons (Fsp3) is 0.207. The van der Waals surface area contributed by atoms with Gasteiger partial charge in [0.1, 0.15) is 23.0 Å². The molecule has 0 spiro atoms. The van der Waals surface area contributed by atoms with Crippen molar-refractivity contribution in [2.24, 2.45) is 0 Å². The second-order valence-electron chi connectivity index (χ2n) is 8.52. The van der Waals surface area contributed by atoms with Crippen molar-refractivity contribution in [3.8, 4) is 34.3 Å². The van der Waals surface area contributed by atoms with Crippen molar-refractivity contribution in [1.29, 1.82) is 0 Å². The van der Waals surface area contributed by atoms with Crippen LogP contribution in [-0.2, 0) is 4.79 Å². The molecular weight excluding hydrogens is 468 g/mol. The number of methoxy groups -OCH3 is 1. The molecule has 1 aliphatic heterocycles. The van der Waals surface area contributed by atoms with Crippen LogP contribution in [0.15, 0.2) is 91.0 Å². The highest BCUT2D eigenvalue weighted by atomic mass is 16.5. The van der Waals surface area contributed by atoms with Gasteiger partial charge in [0.15, 0.2) is 12.4 Å². The zero-order chi connectivity index (χ0) is 25.5. The minimum absolute atomic E-state index is 0.00764. The summed E-state index contributed by atoms with van der Waals surface area (Å²) in [5, 5.41) is 8.81. The quantitative estimate of drug-likeness (QED) is 0.351. The number of aromatic nitrogens is 2. The van der Waals surface area contributed by atoms with Crippen molar-refractivity contribution in [2.45, 2.75) is 0 Å². The first kappa shape index (κ1) is 24.1. The number of hydrogen-bond donors (Lipinski definition) is 0. The van der Waals surface area contributed by atoms with Gasteiger partial charge in [-0.1, -0.05) is 30.3 Å². The molecule has 1 aliphatic rings. The summed E-state index contributed by atoms with van der Waals surface area (Å²) in [6.07, 6.45) is 0. The molecule has 8 nitrogen and oxygen atoms in total. The minimum atomic E-state index is -0.0399. The Kier molecular flexibility index (Phi) is 7.45. The van der Waals surface area contributed by atoms with Gasteiger partial charge >= 0.3 is 0 Å². The second-order valence-corrected chi connectivity index (χ2v) is 8.52. The van der Waals surface area contributed by atoms with Crippen molar-refractivity contribution in [2.75, 3.05) is 44.8 Å². The number of ether oxygens (including phenoxy) is 3. The lowest BCUT2D eigenvalue weighted by Crippen LogP contribution is -2.50. The number of carbonyl (C=O) groups excluding carboxylic acids is 1. The summed E-state index contributed by atoms with van der Waals surface area (Å²) >= 11 is 0. The van der Waals surface area contributed by atoms with Gasteiger partial charge in [0, 0.05) is 31.7 Å². The summed E-state index contributed by atoms with van der Waals surface area (Å²) in [4.78, 5) is 16.7. The Morgan fingerprint density at radius 1 is 0.757 bits per heavy atom. The van der Waals surface area contributed by atoms with E-state index in [1.807, 2.05) is 83.8 Å². The molecule has 0 aliphatic carbocycles. The Hall–Kier alpha value is -4.59. The zero-order valence-corrected chi connectivity index (χ0v) is 20.6. The van der Waals surface area contributed by atoms with Crippen LogP contribution >= 0.6 is 0 Å². The van der Waals surface area contributed by atoms with E-state index >= 15 is 0 Å². The molecule has 1 fully saturated rings. The molecular formula is C29H28N4O4. The lowest BCUT2D eigenvalue weighted by atomic mass is 10.1. The predicted octanol–water partition coefficient (Wildman–Crippen LogP) is 4.67. The van der Waals surface area contributed by atoms with Gasteiger partial charge in [-0.2, -0.15) is 0 Å². The molecule has 1 amide bonds. The lowest BCUT2D eigenvalue weighted by molar-refractivity contribution is -0.133. The number of rotatable bonds is 8. The van der Waals surface area contributed by atoms with Gasteiger partial charge in [-0.25, -0.2) is 0 Å². The van der Waals surface area contributed by atoms with Crippen molar-refractivity contribution in [3.63, 3.8) is 0 Å². The van der Waals surface area contributed by atoms with E-state index in [1.54, 1.807) is 19.2 Å². The summed E-state index contributed by atoms with van der Waals surface area (Å²) in [5.74, 6) is 3.61. The molecule has 8 heteroatoms. The largest absolute Gasteiger partial charge is 0.496 e. The minimum Gasteiger partial charge on any atom is -0.496 e. The number of anilines is 1. The molecule has 0 N–H and O–H groups in total. The van der Waals surface area contributed by atoms with Gasteiger partial charge < -0.3 is 24.0 Å². The number of amides is 1. The fourth-order valence-electron chi connectivity index (χ4n) is 4.14. The molecule has 0 radical (unpaired) electrons. The first-order valence-corrected chi connectivity index (χ1v) is 12.2. The molecule has 2 heterocycles. The average Bonchev–Trinajstić information content (AvgIpc) is 2.97. The van der Waals surface area contributed by atoms with Crippen LogP contribution < -0.4 is 19.1 Å². The zero-order valence-electron chi connectivity index (χ0n) is 20.6. The standard InChI is InChI=1S/C29H28N4O4/c1-35-27-10-6-5-9-25(27)26-15-16-28(31-30-26)32-17-19-33(20-18-32)29(34)21-36-22-11-13-24(14-12-22)37-23-7-3-2-4-8-23/h2-16H,17-21H2,1H3. The smallest absolute Gasteiger partial charge is 0.260 e. The van der Waals surface area contributed by atoms with E-state index in [0.29, 0.717) is 37.7 Å². The Balaban J connectivity index is 1.09. The van der Waals surface area contributed by atoms with E-state index in [1.165, 1.54) is 0 Å². The lowest BCUT2D eigenvalue weighted by Gasteiger charge is -2.35. The van der Waals surface area contributed by atoms with Crippen LogP contribution in [0.5, 0.6) is 23.0 Å². The maximum absolute atomic E-state index is 12.7. The van der Waals surface area contributed by atoms with Crippen molar-refractivity contribution < 1.29 is 19.0 Å². The van der Waals surface area contributed by atoms with E-state index < -0.39 is 0 Å². The summed E-state index contributed by atoms with van der Waals surface area (Å²) in [6.45, 7) is 2.55. The Bertz CT molecular complexity index is 1310. The van der Waals surface area contributed by atoms with Crippen molar-refractivity contribution in [1.82, 2.24) is 15.1 Å². The molecule has 1 saturated heterocycles. The molecule has 0 saturated carbocycles. The molecule has 0 unspecified atom stereocenters. The molecule has 1 aromatic heterocycles. The van der Waals surface area contributed by atoms with Crippen LogP contribution in [0.3, 0.4) is 0 Å². The van der Waals surface area contributed by atoms with Gasteiger partial charge in [-0.3, -0.25) is 4.79 Å². The van der Waals surface area contributed by atoms with Crippen LogP contribution in [-0.4, -0.2) is 60.9 Å². The number of carbonyl (C=O) groups is 1. The average molecular weight is 497 g/mol. The van der Waals surface area contributed by atoms with Gasteiger partial charge in [-0.05, 0) is 60.7 Å². The summed E-state index contributed by atoms with van der Waals surface area (Å²) < 4.78 is 16.9. The first-order chi connectivity index (χ1) is 18.2. The van der Waals surface area contributed by atoms with Gasteiger partial charge in [-0.15, -0.1) is 10.2 Å². The highest BCUT2D eigenvalue weighted by Crippen LogP contribution is 2.28. The third kappa shape index (κ3) is 5.98.